The van der Waals surface area contributed by atoms with E-state index >= 15 is 0 Å². The van der Waals surface area contributed by atoms with Crippen LogP contribution in [0.2, 0.25) is 0 Å². The number of carbonyl (C=O) groups excluding carboxylic acids is 2. The SMILES string of the molecule is FC(F)(F)c1cc([B-](c2cc(C(F)(F)F)cc(C(F)(F)F)c2)(c2cc(C(F)(F)F)cc(C(F)(F)F)c2)c2cc(C(F)(F)F)cc(C(F)(F)F)c2)cc(C(F)(F)F)c1.O=C(OC1CCCCC1)C(C(=O)OC1CCCCC1)=C(C[n+]1ccncc1)c1ccccc1. The fourth-order valence-corrected chi connectivity index (χ4v) is 10.8. The zero-order valence-corrected chi connectivity index (χ0v) is 45.7. The molecule has 0 atom stereocenters. The number of esters is 2. The topological polar surface area (TPSA) is 69.4 Å². The van der Waals surface area contributed by atoms with Crippen molar-refractivity contribution in [2.45, 2.75) is 132 Å². The van der Waals surface area contributed by atoms with Crippen molar-refractivity contribution in [2.75, 3.05) is 0 Å². The molecule has 5 aromatic carbocycles. The van der Waals surface area contributed by atoms with E-state index in [4.69, 9.17) is 9.47 Å². The fraction of sp³-hybridized carbons (Fsp3) is 0.356. The molecule has 0 bridgehead atoms. The van der Waals surface area contributed by atoms with Crippen LogP contribution in [0, 0.1) is 0 Å². The number of nitrogens with zero attached hydrogens (tertiary/aromatic N) is 2. The Morgan fingerprint density at radius 3 is 0.889 bits per heavy atom. The summed E-state index contributed by atoms with van der Waals surface area (Å²) < 4.78 is 354. The van der Waals surface area contributed by atoms with E-state index in [1.54, 1.807) is 12.4 Å². The second-order valence-corrected chi connectivity index (χ2v) is 21.2. The van der Waals surface area contributed by atoms with Crippen molar-refractivity contribution in [2.24, 2.45) is 0 Å². The summed E-state index contributed by atoms with van der Waals surface area (Å²) >= 11 is 0. The zero-order chi connectivity index (χ0) is 66.8. The van der Waals surface area contributed by atoms with Crippen molar-refractivity contribution in [1.82, 2.24) is 4.98 Å². The molecular weight excluding hydrogens is 1270 g/mol. The third-order valence-electron chi connectivity index (χ3n) is 15.0. The van der Waals surface area contributed by atoms with E-state index in [-0.39, 0.29) is 17.8 Å². The van der Waals surface area contributed by atoms with Crippen LogP contribution >= 0.6 is 0 Å². The minimum Gasteiger partial charge on any atom is -0.459 e. The lowest BCUT2D eigenvalue weighted by Gasteiger charge is -2.46. The number of carbonyl (C=O) groups is 2. The maximum atomic E-state index is 14.2. The summed E-state index contributed by atoms with van der Waals surface area (Å²) in [5.41, 5.74) is -28.8. The van der Waals surface area contributed by atoms with E-state index in [1.807, 2.05) is 47.3 Å². The lowest BCUT2D eigenvalue weighted by Crippen LogP contribution is -2.75. The summed E-state index contributed by atoms with van der Waals surface area (Å²) in [7, 11) is 0. The Hall–Kier alpha value is -7.76. The van der Waals surface area contributed by atoms with Crippen LogP contribution in [-0.4, -0.2) is 35.3 Å². The predicted molar refractivity (Wildman–Crippen MR) is 274 cm³/mol. The molecule has 0 amide bonds. The standard InChI is InChI=1S/C32H12BF24.C27H33N2O4/c34-25(35,36)13-1-14(26(37,38)39)6-21(5-13)33(22-7-15(27(40,41)42)2-16(8-22)28(43,44)45,23-9-17(29(46,47)48)3-18(10-23)30(49,50)51)24-11-19(31(52,53)54)4-20(12-24)32(55,56)57;30-26(32-22-12-6-2-7-13-22)25(27(31)33-23-14-8-3-9-15-23)24(21-10-4-1-5-11-21)20-29-18-16-28-17-19-29/h1-12H;1,4-5,10-11,16-19,22-23H,2-3,6-9,12-15,20H2/q-1;+1. The molecule has 90 heavy (non-hydrogen) atoms. The van der Waals surface area contributed by atoms with E-state index in [2.05, 4.69) is 4.98 Å². The number of rotatable bonds is 11. The highest BCUT2D eigenvalue weighted by atomic mass is 19.4. The van der Waals surface area contributed by atoms with Crippen LogP contribution in [0.1, 0.15) is 114 Å². The van der Waals surface area contributed by atoms with Crippen molar-refractivity contribution in [3.63, 3.8) is 0 Å². The molecule has 0 spiro atoms. The molecule has 1 heterocycles. The lowest BCUT2D eigenvalue weighted by molar-refractivity contribution is -0.684. The summed E-state index contributed by atoms with van der Waals surface area (Å²) in [5.74, 6) is -1.15. The quantitative estimate of drug-likeness (QED) is 0.0246. The molecule has 2 saturated carbocycles. The molecular formula is C59H45BF24N2O4. The molecule has 6 aromatic rings. The first-order chi connectivity index (χ1) is 41.5. The fourth-order valence-electron chi connectivity index (χ4n) is 10.8. The number of alkyl halides is 24. The number of allylic oxidation sites excluding steroid dienone is 1. The number of hydrogen-bond donors (Lipinski definition) is 0. The second-order valence-electron chi connectivity index (χ2n) is 21.2. The first kappa shape index (κ1) is 69.7. The molecule has 486 valence electrons. The molecule has 1 aromatic heterocycles. The van der Waals surface area contributed by atoms with Crippen molar-refractivity contribution in [1.29, 1.82) is 0 Å². The van der Waals surface area contributed by atoms with Crippen LogP contribution in [0.3, 0.4) is 0 Å². The van der Waals surface area contributed by atoms with Gasteiger partial charge in [-0.2, -0.15) is 132 Å². The van der Waals surface area contributed by atoms with Crippen LogP contribution in [0.15, 0.2) is 133 Å². The molecule has 8 rings (SSSR count). The number of aromatic nitrogens is 2. The van der Waals surface area contributed by atoms with Crippen LogP contribution in [0.5, 0.6) is 0 Å². The van der Waals surface area contributed by atoms with Gasteiger partial charge in [0.15, 0.2) is 24.5 Å². The smallest absolute Gasteiger partial charge is 0.416 e. The highest BCUT2D eigenvalue weighted by Crippen LogP contribution is 2.42. The molecule has 0 saturated heterocycles. The van der Waals surface area contributed by atoms with Gasteiger partial charge in [-0.3, -0.25) is 4.98 Å². The third kappa shape index (κ3) is 17.0. The number of benzene rings is 5. The van der Waals surface area contributed by atoms with Gasteiger partial charge in [-0.15, -0.1) is 0 Å². The van der Waals surface area contributed by atoms with E-state index in [9.17, 15) is 115 Å². The monoisotopic (exact) mass is 1310 g/mol. The average molecular weight is 1310 g/mol. The molecule has 0 unspecified atom stereocenters. The maximum absolute atomic E-state index is 14.2. The second kappa shape index (κ2) is 26.2. The molecule has 2 fully saturated rings. The van der Waals surface area contributed by atoms with Crippen LogP contribution in [-0.2, 0) is 75.0 Å². The van der Waals surface area contributed by atoms with Crippen molar-refractivity contribution in [3.05, 3.63) is 184 Å². The highest BCUT2D eigenvalue weighted by molar-refractivity contribution is 7.20. The van der Waals surface area contributed by atoms with Crippen LogP contribution in [0.25, 0.3) is 5.57 Å². The van der Waals surface area contributed by atoms with Crippen LogP contribution < -0.4 is 26.4 Å². The summed E-state index contributed by atoms with van der Waals surface area (Å²) in [6.07, 6.45) is -38.2. The van der Waals surface area contributed by atoms with Gasteiger partial charge >= 0.3 is 61.3 Å². The van der Waals surface area contributed by atoms with Crippen LogP contribution in [0.4, 0.5) is 105 Å². The average Bonchev–Trinajstić information content (AvgIpc) is 0.709. The van der Waals surface area contributed by atoms with Crippen molar-refractivity contribution >= 4 is 45.5 Å². The van der Waals surface area contributed by atoms with Gasteiger partial charge in [-0.1, -0.05) is 91.7 Å². The first-order valence-corrected chi connectivity index (χ1v) is 26.8. The van der Waals surface area contributed by atoms with E-state index < -0.39 is 207 Å². The molecule has 31 heteroatoms. The van der Waals surface area contributed by atoms with Gasteiger partial charge in [0.05, 0.1) is 56.9 Å². The van der Waals surface area contributed by atoms with Gasteiger partial charge in [0, 0.05) is 5.57 Å². The summed E-state index contributed by atoms with van der Waals surface area (Å²) in [6, 6.07) is 0.750. The highest BCUT2D eigenvalue weighted by Gasteiger charge is 2.48. The molecule has 0 aliphatic heterocycles. The normalized spacial score (nSPS) is 15.4. The molecule has 2 aliphatic rings. The zero-order valence-electron chi connectivity index (χ0n) is 45.7. The molecule has 6 nitrogen and oxygen atoms in total. The Morgan fingerprint density at radius 2 is 0.644 bits per heavy atom. The maximum Gasteiger partial charge on any atom is 0.416 e. The van der Waals surface area contributed by atoms with E-state index in [0.29, 0.717) is 12.1 Å². The van der Waals surface area contributed by atoms with Crippen molar-refractivity contribution < 1.29 is 129 Å². The summed E-state index contributed by atoms with van der Waals surface area (Å²) in [5, 5.41) is 0. The Labute approximate surface area is 494 Å². The largest absolute Gasteiger partial charge is 0.459 e. The minimum absolute atomic E-state index is 0.0154. The first-order valence-electron chi connectivity index (χ1n) is 26.8. The number of halogens is 24. The van der Waals surface area contributed by atoms with Crippen molar-refractivity contribution in [3.8, 4) is 0 Å². The Balaban J connectivity index is 0.000000294. The molecule has 0 radical (unpaired) electrons. The predicted octanol–water partition coefficient (Wildman–Crippen LogP) is 15.8. The molecule has 2 aliphatic carbocycles. The van der Waals surface area contributed by atoms with Gasteiger partial charge in [0.1, 0.15) is 18.4 Å². The van der Waals surface area contributed by atoms with Gasteiger partial charge in [-0.05, 0) is 81.2 Å². The Bertz CT molecular complexity index is 3070. The van der Waals surface area contributed by atoms with Gasteiger partial charge in [0.25, 0.3) is 0 Å². The Morgan fingerprint density at radius 1 is 0.389 bits per heavy atom. The summed E-state index contributed by atoms with van der Waals surface area (Å²) in [6.45, 7) is 0.335. The van der Waals surface area contributed by atoms with Gasteiger partial charge in [-0.25, -0.2) is 9.59 Å². The number of ether oxygens (including phenoxy) is 2. The Kier molecular flexibility index (Phi) is 20.3. The third-order valence-corrected chi connectivity index (χ3v) is 15.0. The minimum atomic E-state index is -6.13. The number of hydrogen-bond acceptors (Lipinski definition) is 5. The molecule has 0 N–H and O–H groups in total. The lowest BCUT2D eigenvalue weighted by atomic mass is 9.12. The van der Waals surface area contributed by atoms with Gasteiger partial charge in [0.2, 0.25) is 0 Å². The summed E-state index contributed by atoms with van der Waals surface area (Å²) in [4.78, 5) is 31.1. The van der Waals surface area contributed by atoms with E-state index in [1.165, 1.54) is 0 Å². The van der Waals surface area contributed by atoms with E-state index in [0.717, 1.165) is 69.8 Å². The van der Waals surface area contributed by atoms with Gasteiger partial charge < -0.3 is 9.47 Å².